The Kier molecular flexibility index (Phi) is 14.3. The lowest BCUT2D eigenvalue weighted by Crippen LogP contribution is -2.34. The van der Waals surface area contributed by atoms with E-state index in [2.05, 4.69) is 42.9 Å². The molecule has 0 bridgehead atoms. The molecule has 0 aliphatic rings. The van der Waals surface area contributed by atoms with Gasteiger partial charge in [0, 0.05) is 43.5 Å². The highest BCUT2D eigenvalue weighted by Gasteiger charge is 2.19. The molecular formula is C29H44Cl2N6O2. The first-order valence-corrected chi connectivity index (χ1v) is 13.3. The van der Waals surface area contributed by atoms with Crippen molar-refractivity contribution in [1.82, 2.24) is 19.8 Å². The summed E-state index contributed by atoms with van der Waals surface area (Å²) in [6.45, 7) is 11.5. The van der Waals surface area contributed by atoms with Crippen molar-refractivity contribution < 1.29 is 9.59 Å². The number of anilines is 2. The van der Waals surface area contributed by atoms with Crippen LogP contribution >= 0.6 is 24.8 Å². The van der Waals surface area contributed by atoms with Gasteiger partial charge >= 0.3 is 0 Å². The van der Waals surface area contributed by atoms with Gasteiger partial charge in [0.15, 0.2) is 0 Å². The Morgan fingerprint density at radius 2 is 1.54 bits per heavy atom. The predicted octanol–water partition coefficient (Wildman–Crippen LogP) is 5.87. The number of carbonyl (C=O) groups excluding carboxylic acids is 2. The van der Waals surface area contributed by atoms with Crippen molar-refractivity contribution in [2.24, 2.45) is 17.6 Å². The minimum Gasteiger partial charge on any atom is -0.355 e. The van der Waals surface area contributed by atoms with Crippen LogP contribution in [-0.4, -0.2) is 52.9 Å². The summed E-state index contributed by atoms with van der Waals surface area (Å²) in [7, 11) is 1.61. The van der Waals surface area contributed by atoms with Gasteiger partial charge in [-0.25, -0.2) is 4.98 Å². The van der Waals surface area contributed by atoms with Crippen LogP contribution in [0.2, 0.25) is 0 Å². The van der Waals surface area contributed by atoms with Crippen molar-refractivity contribution in [3.8, 4) is 0 Å². The maximum atomic E-state index is 13.6. The molecule has 216 valence electrons. The van der Waals surface area contributed by atoms with Crippen LogP contribution in [0.25, 0.3) is 11.0 Å². The lowest BCUT2D eigenvalue weighted by Gasteiger charge is -2.24. The van der Waals surface area contributed by atoms with Gasteiger partial charge in [-0.05, 0) is 80.1 Å². The van der Waals surface area contributed by atoms with Gasteiger partial charge < -0.3 is 25.8 Å². The fraction of sp³-hybridized carbons (Fsp3) is 0.483. The molecule has 3 rings (SSSR count). The Balaban J connectivity index is 0.00000380. The van der Waals surface area contributed by atoms with Crippen molar-refractivity contribution in [2.45, 2.75) is 53.5 Å². The lowest BCUT2D eigenvalue weighted by atomic mass is 10.1. The molecule has 0 radical (unpaired) electrons. The van der Waals surface area contributed by atoms with Crippen LogP contribution in [0.5, 0.6) is 0 Å². The molecule has 0 saturated carbocycles. The van der Waals surface area contributed by atoms with Crippen LogP contribution in [-0.2, 0) is 6.54 Å². The fourth-order valence-electron chi connectivity index (χ4n) is 4.13. The first kappa shape index (κ1) is 34.2. The van der Waals surface area contributed by atoms with Gasteiger partial charge in [-0.1, -0.05) is 27.7 Å². The van der Waals surface area contributed by atoms with Crippen molar-refractivity contribution in [3.63, 3.8) is 0 Å². The molecule has 0 unspecified atom stereocenters. The molecule has 0 saturated heterocycles. The third kappa shape index (κ3) is 9.41. The number of amides is 2. The Labute approximate surface area is 244 Å². The molecule has 0 fully saturated rings. The van der Waals surface area contributed by atoms with Crippen molar-refractivity contribution >= 4 is 59.3 Å². The highest BCUT2D eigenvalue weighted by Crippen LogP contribution is 2.25. The van der Waals surface area contributed by atoms with Crippen LogP contribution < -0.4 is 16.4 Å². The zero-order valence-electron chi connectivity index (χ0n) is 23.7. The number of hydrogen-bond donors (Lipinski definition) is 3. The third-order valence-corrected chi connectivity index (χ3v) is 6.45. The number of nitrogens with zero attached hydrogens (tertiary/aromatic N) is 3. The van der Waals surface area contributed by atoms with Gasteiger partial charge in [0.2, 0.25) is 5.95 Å². The monoisotopic (exact) mass is 578 g/mol. The molecule has 39 heavy (non-hydrogen) atoms. The normalized spacial score (nSPS) is 10.8. The van der Waals surface area contributed by atoms with Crippen LogP contribution in [0.3, 0.4) is 0 Å². The number of nitrogens with one attached hydrogen (secondary N) is 2. The number of hydrogen-bond acceptors (Lipinski definition) is 5. The van der Waals surface area contributed by atoms with Crippen molar-refractivity contribution in [2.75, 3.05) is 32.0 Å². The molecule has 0 aliphatic heterocycles. The van der Waals surface area contributed by atoms with E-state index in [9.17, 15) is 9.59 Å². The summed E-state index contributed by atoms with van der Waals surface area (Å²) in [6.07, 6.45) is 2.74. The number of benzene rings is 2. The maximum absolute atomic E-state index is 13.6. The van der Waals surface area contributed by atoms with E-state index >= 15 is 0 Å². The first-order chi connectivity index (χ1) is 17.7. The number of rotatable bonds is 13. The third-order valence-electron chi connectivity index (χ3n) is 6.45. The van der Waals surface area contributed by atoms with Crippen LogP contribution in [0.1, 0.15) is 67.7 Å². The van der Waals surface area contributed by atoms with Gasteiger partial charge in [0.05, 0.1) is 11.0 Å². The fourth-order valence-corrected chi connectivity index (χ4v) is 4.13. The van der Waals surface area contributed by atoms with Gasteiger partial charge in [-0.3, -0.25) is 9.59 Å². The van der Waals surface area contributed by atoms with Crippen LogP contribution in [0.4, 0.5) is 11.6 Å². The largest absolute Gasteiger partial charge is 0.355 e. The van der Waals surface area contributed by atoms with E-state index in [0.717, 1.165) is 49.1 Å². The highest BCUT2D eigenvalue weighted by molar-refractivity contribution is 5.98. The van der Waals surface area contributed by atoms with Gasteiger partial charge in [-0.15, -0.1) is 24.8 Å². The minimum atomic E-state index is -0.130. The smallest absolute Gasteiger partial charge is 0.253 e. The molecular weight excluding hydrogens is 535 g/mol. The summed E-state index contributed by atoms with van der Waals surface area (Å²) in [4.78, 5) is 32.2. The Morgan fingerprint density at radius 1 is 0.949 bits per heavy atom. The SMILES string of the molecule is CNC(=O)c1ccc(Nc2nc3ccc(C(=O)N(CCC(C)C)CCC(C)C)cc3n2CCCN)cc1.Cl.Cl. The summed E-state index contributed by atoms with van der Waals surface area (Å²) < 4.78 is 2.08. The number of imidazole rings is 1. The number of carbonyl (C=O) groups is 2. The molecule has 1 aromatic heterocycles. The molecule has 10 heteroatoms. The number of halogens is 2. The van der Waals surface area contributed by atoms with E-state index in [1.807, 2.05) is 35.2 Å². The minimum absolute atomic E-state index is 0. The van der Waals surface area contributed by atoms with Crippen molar-refractivity contribution in [1.29, 1.82) is 0 Å². The van der Waals surface area contributed by atoms with Crippen LogP contribution in [0.15, 0.2) is 42.5 Å². The second-order valence-corrected chi connectivity index (χ2v) is 10.4. The molecule has 4 N–H and O–H groups in total. The Hall–Kier alpha value is -2.81. The Bertz CT molecular complexity index is 1180. The average molecular weight is 580 g/mol. The van der Waals surface area contributed by atoms with Gasteiger partial charge in [0.25, 0.3) is 11.8 Å². The van der Waals surface area contributed by atoms with Gasteiger partial charge in [0.1, 0.15) is 0 Å². The van der Waals surface area contributed by atoms with Crippen LogP contribution in [0, 0.1) is 11.8 Å². The standard InChI is InChI=1S/C29H42N6O2.2ClH/c1-20(2)13-17-34(18-14-21(3)4)28(37)23-9-12-25-26(19-23)35(16-6-15-30)29(33-25)32-24-10-7-22(8-11-24)27(36)31-5;;/h7-12,19-21H,6,13-18,30H2,1-5H3,(H,31,36)(H,32,33);2*1H. The second-order valence-electron chi connectivity index (χ2n) is 10.4. The molecule has 0 spiro atoms. The number of aromatic nitrogens is 2. The molecule has 0 atom stereocenters. The summed E-state index contributed by atoms with van der Waals surface area (Å²) in [6, 6.07) is 13.0. The first-order valence-electron chi connectivity index (χ1n) is 13.3. The topological polar surface area (TPSA) is 105 Å². The zero-order chi connectivity index (χ0) is 26.9. The molecule has 3 aromatic rings. The van der Waals surface area contributed by atoms with E-state index in [0.29, 0.717) is 42.0 Å². The summed E-state index contributed by atoms with van der Waals surface area (Å²) in [5, 5.41) is 6.01. The lowest BCUT2D eigenvalue weighted by molar-refractivity contribution is 0.0740. The summed E-state index contributed by atoms with van der Waals surface area (Å²) in [5.74, 6) is 1.68. The van der Waals surface area contributed by atoms with E-state index in [-0.39, 0.29) is 36.6 Å². The molecule has 2 aromatic carbocycles. The summed E-state index contributed by atoms with van der Waals surface area (Å²) >= 11 is 0. The van der Waals surface area contributed by atoms with E-state index in [1.165, 1.54) is 0 Å². The summed E-state index contributed by atoms with van der Waals surface area (Å²) in [5.41, 5.74) is 9.63. The quantitative estimate of drug-likeness (QED) is 0.235. The molecule has 0 aliphatic carbocycles. The molecule has 2 amide bonds. The van der Waals surface area contributed by atoms with Gasteiger partial charge in [-0.2, -0.15) is 0 Å². The zero-order valence-corrected chi connectivity index (χ0v) is 25.3. The molecule has 1 heterocycles. The van der Waals surface area contributed by atoms with E-state index < -0.39 is 0 Å². The maximum Gasteiger partial charge on any atom is 0.253 e. The second kappa shape index (κ2) is 16.3. The predicted molar refractivity (Wildman–Crippen MR) is 166 cm³/mol. The number of aryl methyl sites for hydroxylation is 1. The average Bonchev–Trinajstić information content (AvgIpc) is 3.22. The number of nitrogens with two attached hydrogens (primary N) is 1. The van der Waals surface area contributed by atoms with Crippen molar-refractivity contribution in [3.05, 3.63) is 53.6 Å². The Morgan fingerprint density at radius 3 is 2.08 bits per heavy atom. The van der Waals surface area contributed by atoms with E-state index in [1.54, 1.807) is 19.2 Å². The highest BCUT2D eigenvalue weighted by atomic mass is 35.5. The number of fused-ring (bicyclic) bond motifs is 1. The molecule has 8 nitrogen and oxygen atoms in total. The van der Waals surface area contributed by atoms with E-state index in [4.69, 9.17) is 10.7 Å².